The normalized spacial score (nSPS) is 22.4. The molecular weight excluding hydrogens is 467 g/mol. The highest BCUT2D eigenvalue weighted by molar-refractivity contribution is 5.87. The third-order valence-electron chi connectivity index (χ3n) is 8.35. The third kappa shape index (κ3) is 4.21. The van der Waals surface area contributed by atoms with Gasteiger partial charge in [-0.1, -0.05) is 12.5 Å². The van der Waals surface area contributed by atoms with Crippen molar-refractivity contribution < 1.29 is 9.13 Å². The molecule has 2 atom stereocenters. The Labute approximate surface area is 215 Å². The number of hydrogen-bond donors (Lipinski definition) is 0. The van der Waals surface area contributed by atoms with Crippen molar-refractivity contribution in [3.05, 3.63) is 64.7 Å². The van der Waals surface area contributed by atoms with Gasteiger partial charge in [-0.25, -0.2) is 24.3 Å². The van der Waals surface area contributed by atoms with Gasteiger partial charge in [0.1, 0.15) is 22.9 Å². The van der Waals surface area contributed by atoms with Crippen LogP contribution in [-0.4, -0.2) is 36.3 Å². The molecule has 2 unspecified atom stereocenters. The summed E-state index contributed by atoms with van der Waals surface area (Å²) >= 11 is 0. The maximum Gasteiger partial charge on any atom is 0.182 e. The molecule has 7 rings (SSSR count). The van der Waals surface area contributed by atoms with Crippen molar-refractivity contribution in [3.8, 4) is 11.3 Å². The van der Waals surface area contributed by atoms with Crippen molar-refractivity contribution in [1.29, 1.82) is 0 Å². The molecule has 8 heteroatoms. The summed E-state index contributed by atoms with van der Waals surface area (Å²) in [5.41, 5.74) is 5.86. The fourth-order valence-corrected chi connectivity index (χ4v) is 5.54. The monoisotopic (exact) mass is 498 g/mol. The second kappa shape index (κ2) is 8.94. The van der Waals surface area contributed by atoms with Crippen molar-refractivity contribution in [2.24, 2.45) is 0 Å². The Bertz CT molecular complexity index is 1490. The zero-order valence-corrected chi connectivity index (χ0v) is 21.3. The van der Waals surface area contributed by atoms with Gasteiger partial charge in [-0.3, -0.25) is 4.68 Å². The van der Waals surface area contributed by atoms with Crippen LogP contribution < -0.4 is 0 Å². The number of hydrogen-bond acceptors (Lipinski definition) is 6. The van der Waals surface area contributed by atoms with Gasteiger partial charge in [0, 0.05) is 29.8 Å². The Morgan fingerprint density at radius 1 is 0.919 bits per heavy atom. The molecule has 7 nitrogen and oxygen atoms in total. The first-order valence-corrected chi connectivity index (χ1v) is 13.5. The molecule has 190 valence electrons. The van der Waals surface area contributed by atoms with Crippen LogP contribution in [0.25, 0.3) is 22.4 Å². The zero-order valence-electron chi connectivity index (χ0n) is 21.3. The van der Waals surface area contributed by atoms with Crippen molar-refractivity contribution in [1.82, 2.24) is 29.7 Å². The summed E-state index contributed by atoms with van der Waals surface area (Å²) in [5, 5.41) is 4.55. The van der Waals surface area contributed by atoms with Gasteiger partial charge in [-0.15, -0.1) is 0 Å². The maximum atomic E-state index is 15.6. The summed E-state index contributed by atoms with van der Waals surface area (Å²) < 4.78 is 23.8. The number of rotatable bonds is 5. The van der Waals surface area contributed by atoms with Gasteiger partial charge < -0.3 is 4.74 Å². The van der Waals surface area contributed by atoms with E-state index < -0.39 is 0 Å². The van der Waals surface area contributed by atoms with Gasteiger partial charge in [0.2, 0.25) is 0 Å². The highest BCUT2D eigenvalue weighted by atomic mass is 19.1. The minimum Gasteiger partial charge on any atom is -0.373 e. The summed E-state index contributed by atoms with van der Waals surface area (Å²) in [5.74, 6) is 0.972. The summed E-state index contributed by atoms with van der Waals surface area (Å²) in [6.45, 7) is 4.46. The summed E-state index contributed by atoms with van der Waals surface area (Å²) in [4.78, 5) is 19.4. The number of ether oxygens (including phenoxy) is 1. The second-order valence-corrected chi connectivity index (χ2v) is 10.9. The number of benzene rings is 1. The Morgan fingerprint density at radius 2 is 1.76 bits per heavy atom. The first kappa shape index (κ1) is 22.9. The molecule has 0 N–H and O–H groups in total. The van der Waals surface area contributed by atoms with Gasteiger partial charge in [-0.2, -0.15) is 5.10 Å². The highest BCUT2D eigenvalue weighted by Crippen LogP contribution is 2.41. The predicted octanol–water partition coefficient (Wildman–Crippen LogP) is 6.28. The average molecular weight is 499 g/mol. The van der Waals surface area contributed by atoms with E-state index in [1.54, 1.807) is 6.07 Å². The molecule has 3 fully saturated rings. The topological polar surface area (TPSA) is 78.6 Å². The molecule has 3 aliphatic rings. The van der Waals surface area contributed by atoms with Crippen LogP contribution in [0.1, 0.15) is 97.3 Å². The van der Waals surface area contributed by atoms with Gasteiger partial charge >= 0.3 is 0 Å². The van der Waals surface area contributed by atoms with Crippen LogP contribution in [0.2, 0.25) is 0 Å². The van der Waals surface area contributed by atoms with E-state index in [4.69, 9.17) is 24.7 Å². The van der Waals surface area contributed by atoms with Crippen LogP contribution in [0.4, 0.5) is 4.39 Å². The summed E-state index contributed by atoms with van der Waals surface area (Å²) in [7, 11) is 0. The predicted molar refractivity (Wildman–Crippen MR) is 138 cm³/mol. The van der Waals surface area contributed by atoms with Crippen molar-refractivity contribution in [2.75, 3.05) is 6.61 Å². The molecule has 4 heterocycles. The Kier molecular flexibility index (Phi) is 5.53. The molecule has 3 aromatic heterocycles. The molecule has 0 spiro atoms. The molecule has 37 heavy (non-hydrogen) atoms. The molecule has 1 aromatic carbocycles. The quantitative estimate of drug-likeness (QED) is 0.322. The number of aromatic nitrogens is 6. The Morgan fingerprint density at radius 3 is 2.51 bits per heavy atom. The van der Waals surface area contributed by atoms with E-state index in [-0.39, 0.29) is 17.8 Å². The van der Waals surface area contributed by atoms with E-state index in [9.17, 15) is 0 Å². The summed E-state index contributed by atoms with van der Waals surface area (Å²) in [6, 6.07) is 6.13. The SMILES string of the molecule is Cc1nc2nc(C3CCOC(c4cnn(C5CC5)c4)C3)nc(-c3ccc(C4CCC4)cc3F)c2nc1C. The Balaban J connectivity index is 1.27. The van der Waals surface area contributed by atoms with E-state index in [1.807, 2.05) is 32.2 Å². The van der Waals surface area contributed by atoms with E-state index in [0.717, 1.165) is 48.2 Å². The number of aryl methyl sites for hydroxylation is 2. The second-order valence-electron chi connectivity index (χ2n) is 10.9. The van der Waals surface area contributed by atoms with Crippen LogP contribution in [0.5, 0.6) is 0 Å². The van der Waals surface area contributed by atoms with Crippen LogP contribution in [0.15, 0.2) is 30.6 Å². The third-order valence-corrected chi connectivity index (χ3v) is 8.35. The lowest BCUT2D eigenvalue weighted by molar-refractivity contribution is 0.00396. The molecular formula is C29H31FN6O. The average Bonchev–Trinajstić information content (AvgIpc) is 3.60. The van der Waals surface area contributed by atoms with Crippen LogP contribution in [0.3, 0.4) is 0 Å². The van der Waals surface area contributed by atoms with Gasteiger partial charge in [0.25, 0.3) is 0 Å². The number of halogens is 1. The molecule has 0 amide bonds. The van der Waals surface area contributed by atoms with Crippen LogP contribution in [-0.2, 0) is 4.74 Å². The molecule has 2 saturated carbocycles. The molecule has 0 bridgehead atoms. The molecule has 0 radical (unpaired) electrons. The molecule has 2 aliphatic carbocycles. The van der Waals surface area contributed by atoms with E-state index in [2.05, 4.69) is 16.0 Å². The van der Waals surface area contributed by atoms with Crippen LogP contribution >= 0.6 is 0 Å². The van der Waals surface area contributed by atoms with Gasteiger partial charge in [0.05, 0.1) is 29.7 Å². The maximum absolute atomic E-state index is 15.6. The Hall–Kier alpha value is -3.26. The van der Waals surface area contributed by atoms with E-state index in [1.165, 1.54) is 19.3 Å². The zero-order chi connectivity index (χ0) is 25.1. The lowest BCUT2D eigenvalue weighted by Gasteiger charge is -2.28. The van der Waals surface area contributed by atoms with E-state index >= 15 is 4.39 Å². The fraction of sp³-hybridized carbons (Fsp3) is 0.483. The first-order valence-electron chi connectivity index (χ1n) is 13.5. The van der Waals surface area contributed by atoms with Crippen molar-refractivity contribution in [3.63, 3.8) is 0 Å². The van der Waals surface area contributed by atoms with Gasteiger partial charge in [-0.05, 0) is 76.0 Å². The van der Waals surface area contributed by atoms with Gasteiger partial charge in [0.15, 0.2) is 5.65 Å². The lowest BCUT2D eigenvalue weighted by Crippen LogP contribution is -2.20. The van der Waals surface area contributed by atoms with Crippen molar-refractivity contribution >= 4 is 11.2 Å². The molecule has 1 aliphatic heterocycles. The number of nitrogens with zero attached hydrogens (tertiary/aromatic N) is 6. The minimum atomic E-state index is -0.257. The fourth-order valence-electron chi connectivity index (χ4n) is 5.54. The van der Waals surface area contributed by atoms with E-state index in [0.29, 0.717) is 46.8 Å². The largest absolute Gasteiger partial charge is 0.373 e. The first-order chi connectivity index (χ1) is 18.0. The lowest BCUT2D eigenvalue weighted by atomic mass is 9.80. The summed E-state index contributed by atoms with van der Waals surface area (Å²) in [6.07, 6.45) is 11.4. The number of fused-ring (bicyclic) bond motifs is 1. The van der Waals surface area contributed by atoms with Crippen LogP contribution in [0, 0.1) is 19.7 Å². The minimum absolute atomic E-state index is 0.0571. The van der Waals surface area contributed by atoms with Crippen molar-refractivity contribution in [2.45, 2.75) is 82.8 Å². The molecule has 1 saturated heterocycles. The smallest absolute Gasteiger partial charge is 0.182 e. The standard InChI is InChI=1S/C29H31FN6O/c1-16-17(2)33-29-27(32-16)26(23-9-6-19(12-24(23)30)18-4-3-5-18)34-28(35-29)20-10-11-37-25(13-20)21-14-31-36(15-21)22-7-8-22/h6,9,12,14-15,18,20,22,25H,3-5,7-8,10-11,13H2,1-2H3. The highest BCUT2D eigenvalue weighted by Gasteiger charge is 2.31. The molecule has 4 aromatic rings.